The number of halogens is 1. The molecule has 2 aliphatic heterocycles. The smallest absolute Gasteiger partial charge is 0.409 e. The maximum atomic E-state index is 11.7. The molecule has 114 valence electrons. The van der Waals surface area contributed by atoms with Crippen LogP contribution in [0.3, 0.4) is 0 Å². The lowest BCUT2D eigenvalue weighted by molar-refractivity contribution is -0.227. The number of amides is 1. The van der Waals surface area contributed by atoms with Gasteiger partial charge in [0, 0.05) is 25.9 Å². The van der Waals surface area contributed by atoms with E-state index >= 15 is 0 Å². The average Bonchev–Trinajstić information content (AvgIpc) is 2.49. The number of nitrogens with zero attached hydrogens (tertiary/aromatic N) is 2. The number of pyridine rings is 1. The molecular weight excluding hydrogens is 340 g/mol. The van der Waals surface area contributed by atoms with Crippen molar-refractivity contribution in [2.75, 3.05) is 19.7 Å². The van der Waals surface area contributed by atoms with Crippen LogP contribution in [0.15, 0.2) is 16.7 Å². The van der Waals surface area contributed by atoms with Gasteiger partial charge in [-0.2, -0.15) is 0 Å². The van der Waals surface area contributed by atoms with Crippen LogP contribution in [0.4, 0.5) is 4.79 Å². The number of fused-ring (bicyclic) bond motifs is 1. The Kier molecular flexibility index (Phi) is 4.03. The highest BCUT2D eigenvalue weighted by Crippen LogP contribution is 2.37. The molecule has 7 heteroatoms. The average molecular weight is 357 g/mol. The molecule has 0 radical (unpaired) electrons. The van der Waals surface area contributed by atoms with Crippen LogP contribution in [0.1, 0.15) is 25.5 Å². The Hall–Kier alpha value is -1.34. The van der Waals surface area contributed by atoms with Gasteiger partial charge in [0.2, 0.25) is 5.79 Å². The van der Waals surface area contributed by atoms with Gasteiger partial charge in [-0.15, -0.1) is 0 Å². The van der Waals surface area contributed by atoms with E-state index in [0.29, 0.717) is 39.1 Å². The molecule has 3 rings (SSSR count). The lowest BCUT2D eigenvalue weighted by Gasteiger charge is -2.43. The van der Waals surface area contributed by atoms with Crippen LogP contribution >= 0.6 is 15.9 Å². The van der Waals surface area contributed by atoms with Crippen molar-refractivity contribution in [3.8, 4) is 5.75 Å². The van der Waals surface area contributed by atoms with Crippen molar-refractivity contribution < 1.29 is 19.0 Å². The van der Waals surface area contributed by atoms with Gasteiger partial charge in [-0.3, -0.25) is 0 Å². The highest BCUT2D eigenvalue weighted by atomic mass is 79.9. The third kappa shape index (κ3) is 2.98. The maximum absolute atomic E-state index is 11.7. The van der Waals surface area contributed by atoms with E-state index in [4.69, 9.17) is 14.2 Å². The summed E-state index contributed by atoms with van der Waals surface area (Å²) < 4.78 is 17.7. The fourth-order valence-electron chi connectivity index (χ4n) is 2.58. The molecule has 0 saturated carbocycles. The topological polar surface area (TPSA) is 60.9 Å². The predicted molar refractivity (Wildman–Crippen MR) is 77.9 cm³/mol. The Labute approximate surface area is 131 Å². The minimum atomic E-state index is -0.647. The second-order valence-corrected chi connectivity index (χ2v) is 5.88. The summed E-state index contributed by atoms with van der Waals surface area (Å²) in [6.45, 7) is 3.75. The minimum Gasteiger partial charge on any atom is -0.460 e. The standard InChI is InChI=1S/C14H17BrN2O4/c1-2-19-13(18)17-7-5-14(6-8-17)20-9-10-11(21-14)3-4-12(15)16-10/h3-4H,2,5-9H2,1H3. The fraction of sp³-hybridized carbons (Fsp3) is 0.571. The summed E-state index contributed by atoms with van der Waals surface area (Å²) in [6.07, 6.45) is 0.983. The normalized spacial score (nSPS) is 19.8. The van der Waals surface area contributed by atoms with Gasteiger partial charge in [0.15, 0.2) is 0 Å². The maximum Gasteiger partial charge on any atom is 0.409 e. The van der Waals surface area contributed by atoms with Crippen LogP contribution in [-0.4, -0.2) is 41.5 Å². The number of hydrogen-bond acceptors (Lipinski definition) is 5. The highest BCUT2D eigenvalue weighted by molar-refractivity contribution is 9.10. The van der Waals surface area contributed by atoms with Gasteiger partial charge in [0.25, 0.3) is 0 Å². The molecule has 0 bridgehead atoms. The van der Waals surface area contributed by atoms with Crippen molar-refractivity contribution in [1.82, 2.24) is 9.88 Å². The highest BCUT2D eigenvalue weighted by Gasteiger charge is 2.42. The molecule has 1 amide bonds. The first-order valence-corrected chi connectivity index (χ1v) is 7.81. The van der Waals surface area contributed by atoms with Crippen molar-refractivity contribution in [2.24, 2.45) is 0 Å². The number of hydrogen-bond donors (Lipinski definition) is 0. The van der Waals surface area contributed by atoms with E-state index in [1.54, 1.807) is 11.8 Å². The van der Waals surface area contributed by atoms with E-state index in [-0.39, 0.29) is 6.09 Å². The molecule has 1 spiro atoms. The second kappa shape index (κ2) is 5.81. The van der Waals surface area contributed by atoms with Crippen molar-refractivity contribution in [1.29, 1.82) is 0 Å². The van der Waals surface area contributed by atoms with Crippen LogP contribution in [0.25, 0.3) is 0 Å². The first-order valence-electron chi connectivity index (χ1n) is 7.02. The van der Waals surface area contributed by atoms with Crippen molar-refractivity contribution in [3.05, 3.63) is 22.4 Å². The van der Waals surface area contributed by atoms with E-state index in [9.17, 15) is 4.79 Å². The Balaban J connectivity index is 1.66. The summed E-state index contributed by atoms with van der Waals surface area (Å²) >= 11 is 3.34. The van der Waals surface area contributed by atoms with Gasteiger partial charge in [-0.1, -0.05) is 0 Å². The lowest BCUT2D eigenvalue weighted by atomic mass is 10.0. The molecule has 0 atom stereocenters. The Morgan fingerprint density at radius 2 is 2.24 bits per heavy atom. The number of carbonyl (C=O) groups excluding carboxylic acids is 1. The van der Waals surface area contributed by atoms with Gasteiger partial charge in [0.05, 0.1) is 13.2 Å². The first kappa shape index (κ1) is 14.6. The summed E-state index contributed by atoms with van der Waals surface area (Å²) in [6, 6.07) is 3.75. The molecule has 0 aromatic carbocycles. The van der Waals surface area contributed by atoms with Gasteiger partial charge in [-0.05, 0) is 35.0 Å². The summed E-state index contributed by atoms with van der Waals surface area (Å²) in [5, 5.41) is 0. The molecule has 2 aliphatic rings. The number of likely N-dealkylation sites (tertiary alicyclic amines) is 1. The number of carbonyl (C=O) groups is 1. The molecule has 21 heavy (non-hydrogen) atoms. The van der Waals surface area contributed by atoms with Gasteiger partial charge in [-0.25, -0.2) is 9.78 Å². The largest absolute Gasteiger partial charge is 0.460 e. The molecular formula is C14H17BrN2O4. The molecule has 0 N–H and O–H groups in total. The third-order valence-corrected chi connectivity index (χ3v) is 4.16. The van der Waals surface area contributed by atoms with E-state index in [0.717, 1.165) is 16.0 Å². The quantitative estimate of drug-likeness (QED) is 0.724. The number of aromatic nitrogens is 1. The van der Waals surface area contributed by atoms with Crippen molar-refractivity contribution in [2.45, 2.75) is 32.2 Å². The van der Waals surface area contributed by atoms with Crippen LogP contribution in [0.5, 0.6) is 5.75 Å². The Bertz CT molecular complexity index is 544. The monoisotopic (exact) mass is 356 g/mol. The molecule has 0 aliphatic carbocycles. The third-order valence-electron chi connectivity index (χ3n) is 3.72. The fourth-order valence-corrected chi connectivity index (χ4v) is 2.93. The zero-order valence-electron chi connectivity index (χ0n) is 11.8. The van der Waals surface area contributed by atoms with Crippen LogP contribution in [0.2, 0.25) is 0 Å². The molecule has 6 nitrogen and oxygen atoms in total. The summed E-state index contributed by atoms with van der Waals surface area (Å²) in [7, 11) is 0. The van der Waals surface area contributed by atoms with Crippen LogP contribution in [0, 0.1) is 0 Å². The Morgan fingerprint density at radius 3 is 2.95 bits per heavy atom. The number of rotatable bonds is 1. The second-order valence-electron chi connectivity index (χ2n) is 5.07. The zero-order valence-corrected chi connectivity index (χ0v) is 13.4. The molecule has 3 heterocycles. The van der Waals surface area contributed by atoms with Gasteiger partial charge in [0.1, 0.15) is 16.0 Å². The summed E-state index contributed by atoms with van der Waals surface area (Å²) in [4.78, 5) is 17.7. The molecule has 1 aromatic heterocycles. The molecule has 0 unspecified atom stereocenters. The first-order chi connectivity index (χ1) is 10.1. The van der Waals surface area contributed by atoms with Crippen LogP contribution in [-0.2, 0) is 16.1 Å². The SMILES string of the molecule is CCOC(=O)N1CCC2(CC1)OCc1nc(Br)ccc1O2. The molecule has 1 fully saturated rings. The zero-order chi connectivity index (χ0) is 14.9. The minimum absolute atomic E-state index is 0.269. The van der Waals surface area contributed by atoms with Crippen molar-refractivity contribution >= 4 is 22.0 Å². The van der Waals surface area contributed by atoms with E-state index < -0.39 is 5.79 Å². The lowest BCUT2D eigenvalue weighted by Crippen LogP contribution is -2.52. The van der Waals surface area contributed by atoms with Gasteiger partial charge >= 0.3 is 6.09 Å². The van der Waals surface area contributed by atoms with Crippen LogP contribution < -0.4 is 4.74 Å². The molecule has 1 aromatic rings. The van der Waals surface area contributed by atoms with Gasteiger partial charge < -0.3 is 19.1 Å². The van der Waals surface area contributed by atoms with E-state index in [1.165, 1.54) is 0 Å². The van der Waals surface area contributed by atoms with E-state index in [2.05, 4.69) is 20.9 Å². The number of ether oxygens (including phenoxy) is 3. The van der Waals surface area contributed by atoms with Crippen molar-refractivity contribution in [3.63, 3.8) is 0 Å². The van der Waals surface area contributed by atoms with E-state index in [1.807, 2.05) is 12.1 Å². The predicted octanol–water partition coefficient (Wildman–Crippen LogP) is 2.70. The molecule has 1 saturated heterocycles. The Morgan fingerprint density at radius 1 is 1.48 bits per heavy atom. The summed E-state index contributed by atoms with van der Waals surface area (Å²) in [5.74, 6) is 0.111. The summed E-state index contributed by atoms with van der Waals surface area (Å²) in [5.41, 5.74) is 0.794. The number of piperidine rings is 1.